The van der Waals surface area contributed by atoms with Crippen LogP contribution in [0, 0.1) is 23.2 Å². The molecular formula is C22H40O2Si. The summed E-state index contributed by atoms with van der Waals surface area (Å²) < 4.78 is 12.2. The number of fused-ring (bicyclic) bond motifs is 1. The Bertz CT molecular complexity index is 477. The van der Waals surface area contributed by atoms with Crippen LogP contribution in [0.4, 0.5) is 0 Å². The Kier molecular flexibility index (Phi) is 6.78. The molecule has 0 amide bonds. The highest BCUT2D eigenvalue weighted by Crippen LogP contribution is 2.62. The molecule has 1 heterocycles. The third-order valence-corrected chi connectivity index (χ3v) is 11.6. The van der Waals surface area contributed by atoms with Gasteiger partial charge in [-0.15, -0.1) is 6.58 Å². The van der Waals surface area contributed by atoms with Gasteiger partial charge in [0.15, 0.2) is 8.32 Å². The Morgan fingerprint density at radius 2 is 2.04 bits per heavy atom. The smallest absolute Gasteiger partial charge is 0.191 e. The molecule has 144 valence electrons. The minimum atomic E-state index is -1.60. The van der Waals surface area contributed by atoms with Gasteiger partial charge in [-0.2, -0.15) is 0 Å². The summed E-state index contributed by atoms with van der Waals surface area (Å²) in [6.07, 6.45) is 11.8. The van der Waals surface area contributed by atoms with E-state index >= 15 is 0 Å². The lowest BCUT2D eigenvalue weighted by Crippen LogP contribution is -2.54. The lowest BCUT2D eigenvalue weighted by atomic mass is 9.47. The molecule has 0 radical (unpaired) electrons. The highest BCUT2D eigenvalue weighted by molar-refractivity contribution is 6.74. The molecule has 2 aliphatic rings. The second-order valence-corrected chi connectivity index (χ2v) is 14.4. The van der Waals surface area contributed by atoms with Crippen LogP contribution in [0.5, 0.6) is 0 Å². The zero-order chi connectivity index (χ0) is 18.7. The maximum atomic E-state index is 6.28. The molecule has 0 N–H and O–H groups in total. The van der Waals surface area contributed by atoms with Crippen molar-refractivity contribution < 1.29 is 9.16 Å². The molecule has 2 nitrogen and oxygen atoms in total. The molecule has 0 aromatic carbocycles. The van der Waals surface area contributed by atoms with Gasteiger partial charge >= 0.3 is 0 Å². The summed E-state index contributed by atoms with van der Waals surface area (Å²) in [6, 6.07) is 0. The highest BCUT2D eigenvalue weighted by atomic mass is 28.4. The Morgan fingerprint density at radius 3 is 2.64 bits per heavy atom. The van der Waals surface area contributed by atoms with Crippen molar-refractivity contribution in [3.05, 3.63) is 24.8 Å². The molecule has 3 heteroatoms. The van der Waals surface area contributed by atoms with Crippen molar-refractivity contribution in [3.8, 4) is 0 Å². The molecule has 1 aliphatic carbocycles. The van der Waals surface area contributed by atoms with Crippen molar-refractivity contribution in [3.63, 3.8) is 0 Å². The summed E-state index contributed by atoms with van der Waals surface area (Å²) in [5, 5.41) is 0.299. The third kappa shape index (κ3) is 4.14. The number of ether oxygens (including phenoxy) is 1. The first-order valence-corrected chi connectivity index (χ1v) is 13.1. The standard InChI is InChI=1S/C22H40O2Si/c1-8-13-18-19(9-2)22(17-23-16-20(18)22)14-11-10-12-15-24-25(6,7)21(3,4)5/h9,11,14,18-20H,2,8,10,12-13,15-17H2,1,3-7H3/b14-11+/t18-,19+,20+,22-/m1/s1. The van der Waals surface area contributed by atoms with Gasteiger partial charge in [-0.05, 0) is 55.1 Å². The SMILES string of the molecule is C=C[C@H]1[C@@H](CCC)[C@@H]2COC[C@]12/C=C/CCCO[Si](C)(C)C(C)(C)C. The van der Waals surface area contributed by atoms with E-state index in [0.717, 1.165) is 38.6 Å². The summed E-state index contributed by atoms with van der Waals surface area (Å²) in [4.78, 5) is 0. The zero-order valence-corrected chi connectivity index (χ0v) is 18.4. The number of hydrogen-bond donors (Lipinski definition) is 0. The van der Waals surface area contributed by atoms with Gasteiger partial charge in [-0.1, -0.05) is 52.3 Å². The van der Waals surface area contributed by atoms with E-state index in [1.807, 2.05) is 0 Å². The number of allylic oxidation sites excluding steroid dienone is 2. The van der Waals surface area contributed by atoms with Crippen molar-refractivity contribution in [2.24, 2.45) is 23.2 Å². The van der Waals surface area contributed by atoms with Gasteiger partial charge < -0.3 is 9.16 Å². The van der Waals surface area contributed by atoms with E-state index in [9.17, 15) is 0 Å². The van der Waals surface area contributed by atoms with E-state index in [1.54, 1.807) is 0 Å². The van der Waals surface area contributed by atoms with Crippen molar-refractivity contribution in [1.82, 2.24) is 0 Å². The Balaban J connectivity index is 1.83. The van der Waals surface area contributed by atoms with Crippen LogP contribution < -0.4 is 0 Å². The maximum absolute atomic E-state index is 6.28. The molecule has 0 unspecified atom stereocenters. The summed E-state index contributed by atoms with van der Waals surface area (Å²) in [7, 11) is -1.60. The average molecular weight is 365 g/mol. The third-order valence-electron chi connectivity index (χ3n) is 7.03. The predicted octanol–water partition coefficient (Wildman–Crippen LogP) is 6.21. The highest BCUT2D eigenvalue weighted by Gasteiger charge is 2.61. The van der Waals surface area contributed by atoms with E-state index in [1.165, 1.54) is 12.8 Å². The largest absolute Gasteiger partial charge is 0.417 e. The van der Waals surface area contributed by atoms with Gasteiger partial charge in [0.25, 0.3) is 0 Å². The first-order valence-electron chi connectivity index (χ1n) is 10.2. The number of unbranched alkanes of at least 4 members (excludes halogenated alkanes) is 1. The lowest BCUT2D eigenvalue weighted by Gasteiger charge is -2.55. The number of rotatable bonds is 9. The Labute approximate surface area is 157 Å². The van der Waals surface area contributed by atoms with Gasteiger partial charge in [-0.3, -0.25) is 0 Å². The van der Waals surface area contributed by atoms with Gasteiger partial charge in [0.2, 0.25) is 0 Å². The Hall–Kier alpha value is -0.383. The molecule has 0 spiro atoms. The van der Waals surface area contributed by atoms with Gasteiger partial charge in [0.05, 0.1) is 13.2 Å². The fourth-order valence-corrected chi connectivity index (χ4v) is 5.55. The molecule has 25 heavy (non-hydrogen) atoms. The zero-order valence-electron chi connectivity index (χ0n) is 17.4. The van der Waals surface area contributed by atoms with E-state index in [0.29, 0.717) is 16.9 Å². The first kappa shape index (κ1) is 20.9. The van der Waals surface area contributed by atoms with Crippen LogP contribution in [0.1, 0.15) is 53.4 Å². The molecule has 2 rings (SSSR count). The predicted molar refractivity (Wildman–Crippen MR) is 110 cm³/mol. The van der Waals surface area contributed by atoms with Crippen molar-refractivity contribution in [2.45, 2.75) is 71.5 Å². The van der Waals surface area contributed by atoms with Crippen LogP contribution in [0.15, 0.2) is 24.8 Å². The second-order valence-electron chi connectivity index (χ2n) is 9.60. The van der Waals surface area contributed by atoms with Crippen LogP contribution in [0.2, 0.25) is 18.1 Å². The van der Waals surface area contributed by atoms with E-state index < -0.39 is 8.32 Å². The molecule has 1 aliphatic heterocycles. The molecular weight excluding hydrogens is 324 g/mol. The van der Waals surface area contributed by atoms with E-state index in [2.05, 4.69) is 65.6 Å². The van der Waals surface area contributed by atoms with Crippen LogP contribution >= 0.6 is 0 Å². The molecule has 1 saturated carbocycles. The second kappa shape index (κ2) is 8.10. The minimum absolute atomic E-state index is 0.238. The molecule has 1 saturated heterocycles. The number of hydrogen-bond acceptors (Lipinski definition) is 2. The first-order chi connectivity index (χ1) is 11.7. The minimum Gasteiger partial charge on any atom is -0.417 e. The van der Waals surface area contributed by atoms with E-state index in [-0.39, 0.29) is 5.41 Å². The van der Waals surface area contributed by atoms with Crippen molar-refractivity contribution >= 4 is 8.32 Å². The topological polar surface area (TPSA) is 18.5 Å². The van der Waals surface area contributed by atoms with Crippen molar-refractivity contribution in [2.75, 3.05) is 19.8 Å². The quantitative estimate of drug-likeness (QED) is 0.275. The fourth-order valence-electron chi connectivity index (χ4n) is 4.46. The lowest BCUT2D eigenvalue weighted by molar-refractivity contribution is -0.0219. The molecule has 2 fully saturated rings. The summed E-state index contributed by atoms with van der Waals surface area (Å²) >= 11 is 0. The van der Waals surface area contributed by atoms with Crippen LogP contribution in [0.25, 0.3) is 0 Å². The Morgan fingerprint density at radius 1 is 1.32 bits per heavy atom. The maximum Gasteiger partial charge on any atom is 0.191 e. The average Bonchev–Trinajstić information content (AvgIpc) is 2.87. The van der Waals surface area contributed by atoms with E-state index in [4.69, 9.17) is 9.16 Å². The summed E-state index contributed by atoms with van der Waals surface area (Å²) in [5.74, 6) is 2.08. The normalized spacial score (nSPS) is 32.6. The van der Waals surface area contributed by atoms with Crippen molar-refractivity contribution in [1.29, 1.82) is 0 Å². The molecule has 0 aromatic heterocycles. The molecule has 0 bridgehead atoms. The monoisotopic (exact) mass is 364 g/mol. The summed E-state index contributed by atoms with van der Waals surface area (Å²) in [6.45, 7) is 20.7. The van der Waals surface area contributed by atoms with Gasteiger partial charge in [0, 0.05) is 12.0 Å². The van der Waals surface area contributed by atoms with Crippen LogP contribution in [0.3, 0.4) is 0 Å². The van der Waals surface area contributed by atoms with Crippen LogP contribution in [-0.2, 0) is 9.16 Å². The molecule has 0 aromatic rings. The molecule has 4 atom stereocenters. The fraction of sp³-hybridized carbons (Fsp3) is 0.818. The van der Waals surface area contributed by atoms with Gasteiger partial charge in [-0.25, -0.2) is 0 Å². The van der Waals surface area contributed by atoms with Gasteiger partial charge in [0.1, 0.15) is 0 Å². The summed E-state index contributed by atoms with van der Waals surface area (Å²) in [5.41, 5.74) is 0.238. The van der Waals surface area contributed by atoms with Crippen LogP contribution in [-0.4, -0.2) is 28.1 Å².